The topological polar surface area (TPSA) is 12.0 Å². The highest BCUT2D eigenvalue weighted by Crippen LogP contribution is 2.27. The van der Waals surface area contributed by atoms with Crippen LogP contribution in [0.15, 0.2) is 12.1 Å². The van der Waals surface area contributed by atoms with Crippen molar-refractivity contribution in [1.29, 1.82) is 0 Å². The fourth-order valence-electron chi connectivity index (χ4n) is 2.85. The van der Waals surface area contributed by atoms with Crippen LogP contribution in [0.25, 0.3) is 0 Å². The summed E-state index contributed by atoms with van der Waals surface area (Å²) in [6.07, 6.45) is 13.7. The Bertz CT molecular complexity index is 345. The highest BCUT2D eigenvalue weighted by molar-refractivity contribution is 7.12. The zero-order valence-electron chi connectivity index (χ0n) is 14.4. The lowest BCUT2D eigenvalue weighted by Crippen LogP contribution is -2.19. The normalized spacial score (nSPS) is 12.7. The average molecular weight is 310 g/mol. The van der Waals surface area contributed by atoms with Gasteiger partial charge in [-0.3, -0.25) is 0 Å². The molecule has 1 nitrogen and oxygen atoms in total. The minimum Gasteiger partial charge on any atom is -0.310 e. The Balaban J connectivity index is 2.19. The van der Waals surface area contributed by atoms with Gasteiger partial charge in [0.05, 0.1) is 0 Å². The third-order valence-electron chi connectivity index (χ3n) is 4.17. The molecule has 1 heterocycles. The van der Waals surface area contributed by atoms with Gasteiger partial charge in [0.25, 0.3) is 0 Å². The number of thiophene rings is 1. The zero-order valence-corrected chi connectivity index (χ0v) is 15.2. The molecule has 2 heteroatoms. The summed E-state index contributed by atoms with van der Waals surface area (Å²) in [5.74, 6) is 0. The minimum atomic E-state index is 0.584. The van der Waals surface area contributed by atoms with Crippen LogP contribution in [0, 0.1) is 0 Å². The first kappa shape index (κ1) is 18.7. The number of rotatable bonds is 13. The molecule has 122 valence electrons. The molecule has 0 bridgehead atoms. The zero-order chi connectivity index (χ0) is 15.3. The monoisotopic (exact) mass is 309 g/mol. The Kier molecular flexibility index (Phi) is 10.9. The molecule has 1 atom stereocenters. The molecule has 0 saturated carbocycles. The second-order valence-corrected chi connectivity index (χ2v) is 7.23. The summed E-state index contributed by atoms with van der Waals surface area (Å²) in [7, 11) is 0. The van der Waals surface area contributed by atoms with Crippen LogP contribution in [0.3, 0.4) is 0 Å². The SMILES string of the molecule is CCCCCCCCCCC(NCC)c1ccc(CC)s1. The van der Waals surface area contributed by atoms with Crippen molar-refractivity contribution in [3.63, 3.8) is 0 Å². The van der Waals surface area contributed by atoms with Crippen molar-refractivity contribution in [3.8, 4) is 0 Å². The van der Waals surface area contributed by atoms with Crippen LogP contribution >= 0.6 is 11.3 Å². The van der Waals surface area contributed by atoms with Gasteiger partial charge in [0.15, 0.2) is 0 Å². The smallest absolute Gasteiger partial charge is 0.0414 e. The molecule has 1 unspecified atom stereocenters. The van der Waals surface area contributed by atoms with Crippen LogP contribution in [0.1, 0.15) is 94.4 Å². The Hall–Kier alpha value is -0.340. The summed E-state index contributed by atoms with van der Waals surface area (Å²) in [4.78, 5) is 3.06. The quantitative estimate of drug-likeness (QED) is 0.410. The molecule has 1 aromatic rings. The van der Waals surface area contributed by atoms with Crippen LogP contribution < -0.4 is 5.32 Å². The maximum Gasteiger partial charge on any atom is 0.0414 e. The number of hydrogen-bond acceptors (Lipinski definition) is 2. The van der Waals surface area contributed by atoms with Gasteiger partial charge in [-0.1, -0.05) is 72.1 Å². The van der Waals surface area contributed by atoms with Gasteiger partial charge in [-0.2, -0.15) is 0 Å². The van der Waals surface area contributed by atoms with Crippen molar-refractivity contribution in [1.82, 2.24) is 5.32 Å². The first-order chi connectivity index (χ1) is 10.3. The van der Waals surface area contributed by atoms with E-state index in [0.29, 0.717) is 6.04 Å². The van der Waals surface area contributed by atoms with E-state index in [4.69, 9.17) is 0 Å². The van der Waals surface area contributed by atoms with Crippen molar-refractivity contribution in [2.45, 2.75) is 91.0 Å². The van der Waals surface area contributed by atoms with E-state index in [-0.39, 0.29) is 0 Å². The number of unbranched alkanes of at least 4 members (excludes halogenated alkanes) is 7. The lowest BCUT2D eigenvalue weighted by atomic mass is 10.0. The highest BCUT2D eigenvalue weighted by Gasteiger charge is 2.12. The van der Waals surface area contributed by atoms with Crippen molar-refractivity contribution >= 4 is 11.3 Å². The molecule has 0 aliphatic rings. The van der Waals surface area contributed by atoms with E-state index in [0.717, 1.165) is 6.54 Å². The first-order valence-corrected chi connectivity index (χ1v) is 9.95. The van der Waals surface area contributed by atoms with E-state index >= 15 is 0 Å². The molecular weight excluding hydrogens is 274 g/mol. The van der Waals surface area contributed by atoms with Gasteiger partial charge in [-0.05, 0) is 31.5 Å². The summed E-state index contributed by atoms with van der Waals surface area (Å²) >= 11 is 2.00. The molecule has 1 rings (SSSR count). The third-order valence-corrected chi connectivity index (χ3v) is 5.51. The van der Waals surface area contributed by atoms with Gasteiger partial charge in [0, 0.05) is 15.8 Å². The maximum atomic E-state index is 3.67. The molecule has 1 N–H and O–H groups in total. The molecule has 0 saturated heterocycles. The molecule has 0 spiro atoms. The second-order valence-electron chi connectivity index (χ2n) is 6.03. The lowest BCUT2D eigenvalue weighted by Gasteiger charge is -2.16. The predicted octanol–water partition coefficient (Wildman–Crippen LogP) is 6.49. The summed E-state index contributed by atoms with van der Waals surface area (Å²) in [5, 5.41) is 3.67. The molecule has 0 radical (unpaired) electrons. The highest BCUT2D eigenvalue weighted by atomic mass is 32.1. The summed E-state index contributed by atoms with van der Waals surface area (Å²) in [5.41, 5.74) is 0. The van der Waals surface area contributed by atoms with Crippen molar-refractivity contribution in [2.75, 3.05) is 6.54 Å². The average Bonchev–Trinajstić information content (AvgIpc) is 2.97. The van der Waals surface area contributed by atoms with Crippen molar-refractivity contribution < 1.29 is 0 Å². The number of nitrogens with one attached hydrogen (secondary N) is 1. The van der Waals surface area contributed by atoms with E-state index in [1.54, 1.807) is 0 Å². The van der Waals surface area contributed by atoms with E-state index in [2.05, 4.69) is 38.2 Å². The minimum absolute atomic E-state index is 0.584. The molecule has 21 heavy (non-hydrogen) atoms. The molecule has 0 amide bonds. The molecule has 0 fully saturated rings. The van der Waals surface area contributed by atoms with E-state index in [1.165, 1.54) is 74.0 Å². The first-order valence-electron chi connectivity index (χ1n) is 9.13. The Labute approximate surface area is 136 Å². The van der Waals surface area contributed by atoms with Crippen molar-refractivity contribution in [2.24, 2.45) is 0 Å². The van der Waals surface area contributed by atoms with E-state index in [9.17, 15) is 0 Å². The number of hydrogen-bond donors (Lipinski definition) is 1. The van der Waals surface area contributed by atoms with Crippen LogP contribution in [0.4, 0.5) is 0 Å². The van der Waals surface area contributed by atoms with Gasteiger partial charge in [0.2, 0.25) is 0 Å². The van der Waals surface area contributed by atoms with Gasteiger partial charge >= 0.3 is 0 Å². The molecule has 0 aromatic carbocycles. The Morgan fingerprint density at radius 1 is 0.905 bits per heavy atom. The van der Waals surface area contributed by atoms with Crippen LogP contribution in [0.2, 0.25) is 0 Å². The fraction of sp³-hybridized carbons (Fsp3) is 0.789. The molecule has 1 aromatic heterocycles. The number of aryl methyl sites for hydroxylation is 1. The summed E-state index contributed by atoms with van der Waals surface area (Å²) in [6.45, 7) is 7.82. The van der Waals surface area contributed by atoms with E-state index in [1.807, 2.05) is 11.3 Å². The second kappa shape index (κ2) is 12.2. The van der Waals surface area contributed by atoms with Gasteiger partial charge < -0.3 is 5.32 Å². The van der Waals surface area contributed by atoms with Crippen LogP contribution in [0.5, 0.6) is 0 Å². The largest absolute Gasteiger partial charge is 0.310 e. The van der Waals surface area contributed by atoms with Crippen LogP contribution in [-0.2, 0) is 6.42 Å². The molecular formula is C19H35NS. The Morgan fingerprint density at radius 2 is 1.57 bits per heavy atom. The Morgan fingerprint density at radius 3 is 2.14 bits per heavy atom. The summed E-state index contributed by atoms with van der Waals surface area (Å²) in [6, 6.07) is 5.22. The standard InChI is InChI=1S/C19H35NS/c1-4-7-8-9-10-11-12-13-14-18(20-6-3)19-16-15-17(5-2)21-19/h15-16,18,20H,4-14H2,1-3H3. The lowest BCUT2D eigenvalue weighted by molar-refractivity contribution is 0.480. The summed E-state index contributed by atoms with van der Waals surface area (Å²) < 4.78 is 0. The maximum absolute atomic E-state index is 3.67. The van der Waals surface area contributed by atoms with Crippen LogP contribution in [-0.4, -0.2) is 6.54 Å². The van der Waals surface area contributed by atoms with Gasteiger partial charge in [-0.25, -0.2) is 0 Å². The molecule has 0 aliphatic heterocycles. The van der Waals surface area contributed by atoms with Gasteiger partial charge in [-0.15, -0.1) is 11.3 Å². The predicted molar refractivity (Wildman–Crippen MR) is 97.3 cm³/mol. The van der Waals surface area contributed by atoms with Gasteiger partial charge in [0.1, 0.15) is 0 Å². The third kappa shape index (κ3) is 8.01. The molecule has 0 aliphatic carbocycles. The van der Waals surface area contributed by atoms with Crippen molar-refractivity contribution in [3.05, 3.63) is 21.9 Å². The van der Waals surface area contributed by atoms with E-state index < -0.39 is 0 Å². The fourth-order valence-corrected chi connectivity index (χ4v) is 3.91.